The Labute approximate surface area is 223 Å². The molecule has 38 heavy (non-hydrogen) atoms. The number of hydrogen-bond acceptors (Lipinski definition) is 6. The molecule has 0 saturated carbocycles. The van der Waals surface area contributed by atoms with Crippen LogP contribution in [-0.4, -0.2) is 46.3 Å². The van der Waals surface area contributed by atoms with Crippen LogP contribution < -0.4 is 10.6 Å². The fourth-order valence-electron chi connectivity index (χ4n) is 4.46. The fraction of sp³-hybridized carbons (Fsp3) is 0.407. The van der Waals surface area contributed by atoms with E-state index in [-0.39, 0.29) is 23.6 Å². The zero-order valence-electron chi connectivity index (χ0n) is 21.3. The highest BCUT2D eigenvalue weighted by Crippen LogP contribution is 2.34. The van der Waals surface area contributed by atoms with Gasteiger partial charge in [0, 0.05) is 42.0 Å². The number of aryl methyl sites for hydroxylation is 2. The van der Waals surface area contributed by atoms with E-state index >= 15 is 0 Å². The van der Waals surface area contributed by atoms with Gasteiger partial charge < -0.3 is 15.5 Å². The van der Waals surface area contributed by atoms with Crippen LogP contribution in [0, 0.1) is 13.8 Å². The largest absolute Gasteiger partial charge is 0.416 e. The van der Waals surface area contributed by atoms with Crippen molar-refractivity contribution < 1.29 is 22.8 Å². The van der Waals surface area contributed by atoms with Crippen LogP contribution in [0.25, 0.3) is 0 Å². The predicted octanol–water partition coefficient (Wildman–Crippen LogP) is 5.06. The Morgan fingerprint density at radius 2 is 1.92 bits per heavy atom. The van der Waals surface area contributed by atoms with Crippen molar-refractivity contribution in [2.24, 2.45) is 0 Å². The summed E-state index contributed by atoms with van der Waals surface area (Å²) in [5.41, 5.74) is 1.97. The van der Waals surface area contributed by atoms with E-state index in [1.54, 1.807) is 35.3 Å². The third-order valence-electron chi connectivity index (χ3n) is 6.27. The van der Waals surface area contributed by atoms with E-state index in [2.05, 4.69) is 20.6 Å². The van der Waals surface area contributed by atoms with Crippen molar-refractivity contribution in [1.29, 1.82) is 0 Å². The number of carbonyl (C=O) groups is 2. The third kappa shape index (κ3) is 6.96. The molecule has 3 aromatic rings. The van der Waals surface area contributed by atoms with Gasteiger partial charge in [-0.15, -0.1) is 11.3 Å². The molecule has 1 fully saturated rings. The number of amides is 2. The lowest BCUT2D eigenvalue weighted by molar-refractivity contribution is -0.137. The standard InChI is InChI=1S/C27H30F3N5O2S/c1-17-12-20(14-22(33-17)26(37)35-11-4-8-23(35)25-34-18(2)16-38-25)24(36)32-10-5-9-31-15-19-6-3-7-21(13-19)27(28,29)30/h3,6-7,12-14,16,23,31H,4-5,8-11,15H2,1-2H3,(H,32,36). The van der Waals surface area contributed by atoms with Crippen LogP contribution in [0.1, 0.15) is 73.7 Å². The molecule has 2 amide bonds. The van der Waals surface area contributed by atoms with Crippen LogP contribution in [0.3, 0.4) is 0 Å². The summed E-state index contributed by atoms with van der Waals surface area (Å²) in [5, 5.41) is 8.83. The van der Waals surface area contributed by atoms with E-state index in [9.17, 15) is 22.8 Å². The Balaban J connectivity index is 1.28. The highest BCUT2D eigenvalue weighted by atomic mass is 32.1. The highest BCUT2D eigenvalue weighted by molar-refractivity contribution is 7.09. The average Bonchev–Trinajstić information content (AvgIpc) is 3.54. The van der Waals surface area contributed by atoms with Crippen molar-refractivity contribution in [3.05, 3.63) is 80.6 Å². The van der Waals surface area contributed by atoms with Crippen molar-refractivity contribution in [2.75, 3.05) is 19.6 Å². The maximum atomic E-state index is 13.3. The van der Waals surface area contributed by atoms with Gasteiger partial charge in [-0.25, -0.2) is 9.97 Å². The van der Waals surface area contributed by atoms with Crippen LogP contribution in [0.5, 0.6) is 0 Å². The monoisotopic (exact) mass is 545 g/mol. The number of hydrogen-bond donors (Lipinski definition) is 2. The fourth-order valence-corrected chi connectivity index (χ4v) is 5.40. The molecule has 1 unspecified atom stereocenters. The van der Waals surface area contributed by atoms with Crippen LogP contribution in [-0.2, 0) is 12.7 Å². The molecule has 2 aromatic heterocycles. The first-order chi connectivity index (χ1) is 18.1. The van der Waals surface area contributed by atoms with Gasteiger partial charge in [-0.3, -0.25) is 9.59 Å². The summed E-state index contributed by atoms with van der Waals surface area (Å²) >= 11 is 1.55. The predicted molar refractivity (Wildman–Crippen MR) is 139 cm³/mol. The molecule has 7 nitrogen and oxygen atoms in total. The summed E-state index contributed by atoms with van der Waals surface area (Å²) < 4.78 is 38.5. The molecule has 0 bridgehead atoms. The number of carbonyl (C=O) groups excluding carboxylic acids is 2. The number of likely N-dealkylation sites (tertiary alicyclic amines) is 1. The van der Waals surface area contributed by atoms with Gasteiger partial charge in [-0.05, 0) is 63.4 Å². The minimum absolute atomic E-state index is 0.0794. The Hall–Kier alpha value is -3.31. The first-order valence-electron chi connectivity index (χ1n) is 12.5. The topological polar surface area (TPSA) is 87.2 Å². The maximum Gasteiger partial charge on any atom is 0.416 e. The molecule has 1 atom stereocenters. The first-order valence-corrected chi connectivity index (χ1v) is 13.4. The van der Waals surface area contributed by atoms with Crippen LogP contribution >= 0.6 is 11.3 Å². The normalized spacial score (nSPS) is 15.6. The Bertz CT molecular complexity index is 1290. The second-order valence-electron chi connectivity index (χ2n) is 9.35. The zero-order chi connectivity index (χ0) is 27.3. The highest BCUT2D eigenvalue weighted by Gasteiger charge is 2.33. The van der Waals surface area contributed by atoms with Crippen LogP contribution in [0.4, 0.5) is 13.2 Å². The molecule has 1 aromatic carbocycles. The smallest absolute Gasteiger partial charge is 0.352 e. The van der Waals surface area contributed by atoms with E-state index in [1.165, 1.54) is 12.1 Å². The molecule has 1 aliphatic rings. The third-order valence-corrected chi connectivity index (χ3v) is 7.33. The van der Waals surface area contributed by atoms with E-state index < -0.39 is 11.7 Å². The summed E-state index contributed by atoms with van der Waals surface area (Å²) in [4.78, 5) is 36.8. The molecule has 0 aliphatic carbocycles. The molecule has 4 rings (SSSR count). The number of alkyl halides is 3. The molecule has 1 aliphatic heterocycles. The number of aromatic nitrogens is 2. The summed E-state index contributed by atoms with van der Waals surface area (Å²) in [6, 6.07) is 8.29. The molecule has 11 heteroatoms. The lowest BCUT2D eigenvalue weighted by atomic mass is 10.1. The number of rotatable bonds is 9. The summed E-state index contributed by atoms with van der Waals surface area (Å²) in [6.07, 6.45) is -2.05. The minimum atomic E-state index is -4.37. The molecule has 0 radical (unpaired) electrons. The van der Waals surface area contributed by atoms with E-state index in [0.29, 0.717) is 49.4 Å². The second kappa shape index (κ2) is 12.0. The van der Waals surface area contributed by atoms with Gasteiger partial charge in [-0.2, -0.15) is 13.2 Å². The molecule has 0 spiro atoms. The molecular formula is C27H30F3N5O2S. The molecule has 202 valence electrons. The van der Waals surface area contributed by atoms with Crippen LogP contribution in [0.2, 0.25) is 0 Å². The van der Waals surface area contributed by atoms with Crippen molar-refractivity contribution in [3.63, 3.8) is 0 Å². The van der Waals surface area contributed by atoms with Gasteiger partial charge in [0.15, 0.2) is 0 Å². The second-order valence-corrected chi connectivity index (χ2v) is 10.2. The Morgan fingerprint density at radius 3 is 2.66 bits per heavy atom. The number of halogens is 3. The quantitative estimate of drug-likeness (QED) is 0.367. The van der Waals surface area contributed by atoms with Gasteiger partial charge in [-0.1, -0.05) is 18.2 Å². The SMILES string of the molecule is Cc1cc(C(=O)NCCCNCc2cccc(C(F)(F)F)c2)cc(C(=O)N2CCCC2c2nc(C)cs2)n1. The molecular weight excluding hydrogens is 515 g/mol. The summed E-state index contributed by atoms with van der Waals surface area (Å²) in [6.45, 7) is 5.48. The molecule has 2 N–H and O–H groups in total. The number of thiazole rings is 1. The molecule has 3 heterocycles. The van der Waals surface area contributed by atoms with Gasteiger partial charge in [0.05, 0.1) is 11.6 Å². The lowest BCUT2D eigenvalue weighted by Crippen LogP contribution is -2.32. The maximum absolute atomic E-state index is 13.3. The lowest BCUT2D eigenvalue weighted by Gasteiger charge is -2.23. The van der Waals surface area contributed by atoms with Gasteiger partial charge >= 0.3 is 6.18 Å². The number of pyridine rings is 1. The minimum Gasteiger partial charge on any atom is -0.352 e. The number of nitrogens with one attached hydrogen (secondary N) is 2. The molecule has 1 saturated heterocycles. The van der Waals surface area contributed by atoms with Gasteiger partial charge in [0.2, 0.25) is 0 Å². The first kappa shape index (κ1) is 27.7. The summed E-state index contributed by atoms with van der Waals surface area (Å²) in [7, 11) is 0. The van der Waals surface area contributed by atoms with Crippen LogP contribution in [0.15, 0.2) is 41.8 Å². The van der Waals surface area contributed by atoms with E-state index in [4.69, 9.17) is 0 Å². The van der Waals surface area contributed by atoms with Crippen molar-refractivity contribution in [1.82, 2.24) is 25.5 Å². The van der Waals surface area contributed by atoms with Gasteiger partial charge in [0.25, 0.3) is 11.8 Å². The number of benzene rings is 1. The summed E-state index contributed by atoms with van der Waals surface area (Å²) in [5.74, 6) is -0.521. The average molecular weight is 546 g/mol. The van der Waals surface area contributed by atoms with E-state index in [0.717, 1.165) is 35.7 Å². The van der Waals surface area contributed by atoms with Crippen molar-refractivity contribution in [2.45, 2.75) is 51.9 Å². The van der Waals surface area contributed by atoms with Gasteiger partial charge in [0.1, 0.15) is 10.7 Å². The van der Waals surface area contributed by atoms with Crippen molar-refractivity contribution in [3.8, 4) is 0 Å². The number of nitrogens with zero attached hydrogens (tertiary/aromatic N) is 3. The van der Waals surface area contributed by atoms with E-state index in [1.807, 2.05) is 12.3 Å². The Morgan fingerprint density at radius 1 is 1.11 bits per heavy atom. The zero-order valence-corrected chi connectivity index (χ0v) is 22.1. The van der Waals surface area contributed by atoms with Crippen molar-refractivity contribution >= 4 is 23.2 Å². The Kier molecular flexibility index (Phi) is 8.78.